The smallest absolute Gasteiger partial charge is 0.230 e. The number of amides is 1. The monoisotopic (exact) mass is 476 g/mol. The van der Waals surface area contributed by atoms with E-state index in [1.54, 1.807) is 18.2 Å². The summed E-state index contributed by atoms with van der Waals surface area (Å²) in [5, 5.41) is 12.1. The van der Waals surface area contributed by atoms with Crippen LogP contribution in [0.25, 0.3) is 5.69 Å². The van der Waals surface area contributed by atoms with E-state index in [2.05, 4.69) is 15.5 Å². The molecule has 0 saturated heterocycles. The minimum absolute atomic E-state index is 0.0277. The highest BCUT2D eigenvalue weighted by molar-refractivity contribution is 7.99. The lowest BCUT2D eigenvalue weighted by atomic mass is 10.0. The van der Waals surface area contributed by atoms with Gasteiger partial charge in [0.05, 0.1) is 11.8 Å². The van der Waals surface area contributed by atoms with Crippen LogP contribution in [0.15, 0.2) is 84.0 Å². The fourth-order valence-corrected chi connectivity index (χ4v) is 4.37. The van der Waals surface area contributed by atoms with Crippen LogP contribution < -0.4 is 10.1 Å². The van der Waals surface area contributed by atoms with E-state index in [9.17, 15) is 9.18 Å². The van der Waals surface area contributed by atoms with E-state index in [1.165, 1.54) is 17.8 Å². The first-order valence-corrected chi connectivity index (χ1v) is 11.9. The maximum atomic E-state index is 14.0. The zero-order valence-corrected chi connectivity index (χ0v) is 19.8. The summed E-state index contributed by atoms with van der Waals surface area (Å²) in [5.74, 6) is 0.277. The zero-order chi connectivity index (χ0) is 23.9. The second kappa shape index (κ2) is 11.0. The molecule has 1 amide bonds. The number of nitrogens with one attached hydrogen (secondary N) is 1. The number of aromatic nitrogens is 3. The van der Waals surface area contributed by atoms with Gasteiger partial charge in [-0.2, -0.15) is 0 Å². The van der Waals surface area contributed by atoms with Gasteiger partial charge in [-0.3, -0.25) is 9.36 Å². The number of thioether (sulfide) groups is 1. The number of ether oxygens (including phenoxy) is 1. The highest BCUT2D eigenvalue weighted by Gasteiger charge is 2.18. The summed E-state index contributed by atoms with van der Waals surface area (Å²) in [6.45, 7) is 4.02. The molecule has 4 rings (SSSR count). The summed E-state index contributed by atoms with van der Waals surface area (Å²) in [7, 11) is 0. The lowest BCUT2D eigenvalue weighted by Gasteiger charge is -2.16. The van der Waals surface area contributed by atoms with E-state index < -0.39 is 5.82 Å². The van der Waals surface area contributed by atoms with Gasteiger partial charge in [0.15, 0.2) is 22.5 Å². The van der Waals surface area contributed by atoms with Crippen molar-refractivity contribution in [3.8, 4) is 11.4 Å². The summed E-state index contributed by atoms with van der Waals surface area (Å²) in [4.78, 5) is 12.7. The Bertz CT molecular complexity index is 1260. The summed E-state index contributed by atoms with van der Waals surface area (Å²) in [6.07, 6.45) is 0. The third kappa shape index (κ3) is 5.63. The number of nitrogens with zero attached hydrogens (tertiary/aromatic N) is 3. The largest absolute Gasteiger partial charge is 0.483 e. The number of halogens is 1. The molecule has 0 saturated carbocycles. The number of benzene rings is 3. The Labute approximate surface area is 202 Å². The maximum absolute atomic E-state index is 14.0. The number of aryl methyl sites for hydroxylation is 1. The van der Waals surface area contributed by atoms with E-state index >= 15 is 0 Å². The fraction of sp³-hybridized carbons (Fsp3) is 0.192. The van der Waals surface area contributed by atoms with Crippen molar-refractivity contribution in [3.63, 3.8) is 0 Å². The van der Waals surface area contributed by atoms with E-state index in [0.29, 0.717) is 11.0 Å². The molecule has 1 unspecified atom stereocenters. The van der Waals surface area contributed by atoms with Gasteiger partial charge >= 0.3 is 0 Å². The minimum atomic E-state index is -0.442. The fourth-order valence-electron chi connectivity index (χ4n) is 3.59. The van der Waals surface area contributed by atoms with Gasteiger partial charge in [0.1, 0.15) is 6.61 Å². The van der Waals surface area contributed by atoms with Gasteiger partial charge in [-0.05, 0) is 49.2 Å². The molecule has 8 heteroatoms. The molecule has 1 aromatic heterocycles. The Morgan fingerprint density at radius 3 is 2.50 bits per heavy atom. The van der Waals surface area contributed by atoms with Crippen LogP contribution in [0.3, 0.4) is 0 Å². The first-order valence-electron chi connectivity index (χ1n) is 10.9. The van der Waals surface area contributed by atoms with E-state index in [0.717, 1.165) is 16.8 Å². The summed E-state index contributed by atoms with van der Waals surface area (Å²) < 4.78 is 21.4. The number of rotatable bonds is 9. The summed E-state index contributed by atoms with van der Waals surface area (Å²) in [6, 6.07) is 23.7. The van der Waals surface area contributed by atoms with E-state index in [1.807, 2.05) is 73.0 Å². The molecule has 4 aromatic rings. The Morgan fingerprint density at radius 2 is 1.74 bits per heavy atom. The molecule has 0 radical (unpaired) electrons. The van der Waals surface area contributed by atoms with Crippen LogP contribution in [-0.2, 0) is 11.4 Å². The second-order valence-corrected chi connectivity index (χ2v) is 8.67. The first kappa shape index (κ1) is 23.5. The van der Waals surface area contributed by atoms with Gasteiger partial charge in [0, 0.05) is 5.69 Å². The molecule has 0 aliphatic heterocycles. The van der Waals surface area contributed by atoms with Crippen molar-refractivity contribution in [1.29, 1.82) is 0 Å². The molecule has 34 heavy (non-hydrogen) atoms. The third-order valence-corrected chi connectivity index (χ3v) is 6.20. The van der Waals surface area contributed by atoms with Crippen LogP contribution in [-0.4, -0.2) is 26.4 Å². The van der Waals surface area contributed by atoms with Crippen molar-refractivity contribution < 1.29 is 13.9 Å². The Kier molecular flexibility index (Phi) is 7.59. The van der Waals surface area contributed by atoms with Crippen molar-refractivity contribution in [3.05, 3.63) is 102 Å². The van der Waals surface area contributed by atoms with Gasteiger partial charge in [0.2, 0.25) is 5.91 Å². The average Bonchev–Trinajstić information content (AvgIpc) is 3.26. The molecule has 6 nitrogen and oxygen atoms in total. The van der Waals surface area contributed by atoms with Gasteiger partial charge < -0.3 is 10.1 Å². The highest BCUT2D eigenvalue weighted by atomic mass is 32.2. The van der Waals surface area contributed by atoms with Crippen molar-refractivity contribution in [2.45, 2.75) is 31.7 Å². The Morgan fingerprint density at radius 1 is 1.03 bits per heavy atom. The number of carbonyl (C=O) groups is 1. The van der Waals surface area contributed by atoms with Gasteiger partial charge in [-0.15, -0.1) is 10.2 Å². The van der Waals surface area contributed by atoms with Crippen LogP contribution >= 0.6 is 11.8 Å². The Hall–Kier alpha value is -3.65. The van der Waals surface area contributed by atoms with Crippen LogP contribution in [0, 0.1) is 12.7 Å². The second-order valence-electron chi connectivity index (χ2n) is 7.72. The molecular weight excluding hydrogens is 451 g/mol. The molecule has 3 aromatic carbocycles. The molecule has 1 heterocycles. The topological polar surface area (TPSA) is 69.0 Å². The average molecular weight is 477 g/mol. The normalized spacial score (nSPS) is 11.7. The minimum Gasteiger partial charge on any atom is -0.483 e. The van der Waals surface area contributed by atoms with Crippen molar-refractivity contribution >= 4 is 17.7 Å². The van der Waals surface area contributed by atoms with Crippen molar-refractivity contribution in [2.24, 2.45) is 0 Å². The molecule has 0 bridgehead atoms. The van der Waals surface area contributed by atoms with Crippen LogP contribution in [0.2, 0.25) is 0 Å². The predicted octanol–water partition coefficient (Wildman–Crippen LogP) is 5.26. The standard InChI is InChI=1S/C26H25FN4O2S/c1-18-10-6-7-13-21(18)19(2)28-25(32)17-34-26-30-29-24(31(26)20-11-4-3-5-12-20)16-33-23-15-9-8-14-22(23)27/h3-15,19H,16-17H2,1-2H3,(H,28,32). The van der Waals surface area contributed by atoms with Crippen LogP contribution in [0.1, 0.15) is 29.9 Å². The summed E-state index contributed by atoms with van der Waals surface area (Å²) in [5.41, 5.74) is 3.04. The molecule has 0 spiro atoms. The lowest BCUT2D eigenvalue weighted by molar-refractivity contribution is -0.119. The third-order valence-electron chi connectivity index (χ3n) is 5.27. The zero-order valence-electron chi connectivity index (χ0n) is 18.9. The quantitative estimate of drug-likeness (QED) is 0.334. The van der Waals surface area contributed by atoms with Gasteiger partial charge in [-0.25, -0.2) is 4.39 Å². The van der Waals surface area contributed by atoms with Crippen molar-refractivity contribution in [2.75, 3.05) is 5.75 Å². The molecular formula is C26H25FN4O2S. The number of carbonyl (C=O) groups excluding carboxylic acids is 1. The molecule has 0 aliphatic rings. The predicted molar refractivity (Wildman–Crippen MR) is 131 cm³/mol. The van der Waals surface area contributed by atoms with Gasteiger partial charge in [-0.1, -0.05) is 66.4 Å². The first-order chi connectivity index (χ1) is 16.5. The maximum Gasteiger partial charge on any atom is 0.230 e. The number of hydrogen-bond acceptors (Lipinski definition) is 5. The lowest BCUT2D eigenvalue weighted by Crippen LogP contribution is -2.28. The molecule has 1 atom stereocenters. The van der Waals surface area contributed by atoms with Crippen molar-refractivity contribution in [1.82, 2.24) is 20.1 Å². The van der Waals surface area contributed by atoms with Gasteiger partial charge in [0.25, 0.3) is 0 Å². The van der Waals surface area contributed by atoms with E-state index in [-0.39, 0.29) is 30.1 Å². The molecule has 174 valence electrons. The SMILES string of the molecule is Cc1ccccc1C(C)NC(=O)CSc1nnc(COc2ccccc2F)n1-c1ccccc1. The van der Waals surface area contributed by atoms with E-state index in [4.69, 9.17) is 4.74 Å². The number of hydrogen-bond donors (Lipinski definition) is 1. The molecule has 0 aliphatic carbocycles. The molecule has 1 N–H and O–H groups in total. The number of para-hydroxylation sites is 2. The Balaban J connectivity index is 1.47. The molecule has 0 fully saturated rings. The highest BCUT2D eigenvalue weighted by Crippen LogP contribution is 2.24. The van der Waals surface area contributed by atoms with Crippen LogP contribution in [0.5, 0.6) is 5.75 Å². The summed E-state index contributed by atoms with van der Waals surface area (Å²) >= 11 is 1.28. The van der Waals surface area contributed by atoms with Crippen LogP contribution in [0.4, 0.5) is 4.39 Å².